The van der Waals surface area contributed by atoms with Crippen LogP contribution in [0.25, 0.3) is 11.3 Å². The molecule has 9 heteroatoms. The number of amides is 3. The third-order valence-corrected chi connectivity index (χ3v) is 6.75. The van der Waals surface area contributed by atoms with Crippen molar-refractivity contribution in [2.45, 2.75) is 38.5 Å². The van der Waals surface area contributed by atoms with Crippen LogP contribution in [0.3, 0.4) is 0 Å². The fraction of sp³-hybridized carbons (Fsp3) is 0.250. The van der Waals surface area contributed by atoms with Gasteiger partial charge in [-0.25, -0.2) is 4.79 Å². The number of imide groups is 1. The molecule has 0 bridgehead atoms. The number of hydrogen-bond donors (Lipinski definition) is 2. The number of carbonyl (C=O) groups excluding carboxylic acids is 3. The molecule has 5 rings (SSSR count). The van der Waals surface area contributed by atoms with E-state index in [9.17, 15) is 19.2 Å². The first-order chi connectivity index (χ1) is 17.8. The van der Waals surface area contributed by atoms with E-state index in [-0.39, 0.29) is 23.8 Å². The van der Waals surface area contributed by atoms with E-state index in [1.54, 1.807) is 24.4 Å². The van der Waals surface area contributed by atoms with E-state index in [2.05, 4.69) is 15.2 Å². The molecule has 1 unspecified atom stereocenters. The van der Waals surface area contributed by atoms with Crippen molar-refractivity contribution in [3.8, 4) is 11.3 Å². The van der Waals surface area contributed by atoms with Crippen LogP contribution in [0.4, 0.5) is 0 Å². The van der Waals surface area contributed by atoms with Gasteiger partial charge in [-0.05, 0) is 66.6 Å². The van der Waals surface area contributed by atoms with E-state index in [0.29, 0.717) is 31.6 Å². The van der Waals surface area contributed by atoms with Crippen LogP contribution in [-0.2, 0) is 29.2 Å². The van der Waals surface area contributed by atoms with E-state index in [0.717, 1.165) is 27.9 Å². The van der Waals surface area contributed by atoms with Gasteiger partial charge >= 0.3 is 5.97 Å². The lowest BCUT2D eigenvalue weighted by Gasteiger charge is -2.29. The minimum absolute atomic E-state index is 0.198. The van der Waals surface area contributed by atoms with Crippen LogP contribution in [0.5, 0.6) is 0 Å². The molecule has 2 aliphatic heterocycles. The standard InChI is InChI=1S/C28H26N4O5/c1-31(14-17-2-4-19(5-3-17)28(36)37)15-18-10-11-29-23(12-18)20-6-7-22-21(13-20)16-32(27(22)35)24-8-9-25(33)30-26(24)34/h2-7,10-13,24H,8-9,14-16H2,1H3,(H,36,37)(H,30,33,34). The minimum atomic E-state index is -0.941. The third-order valence-electron chi connectivity index (χ3n) is 6.75. The van der Waals surface area contributed by atoms with Crippen molar-refractivity contribution in [1.82, 2.24) is 20.1 Å². The molecule has 37 heavy (non-hydrogen) atoms. The van der Waals surface area contributed by atoms with Gasteiger partial charge < -0.3 is 10.0 Å². The average molecular weight is 499 g/mol. The molecule has 3 heterocycles. The van der Waals surface area contributed by atoms with Crippen molar-refractivity contribution in [2.75, 3.05) is 7.05 Å². The average Bonchev–Trinajstić information content (AvgIpc) is 3.20. The SMILES string of the molecule is CN(Cc1ccc(C(=O)O)cc1)Cc1ccnc(-c2ccc3c(c2)CN(C2CCC(=O)NC2=O)C3=O)c1. The molecule has 2 N–H and O–H groups in total. The molecule has 9 nitrogen and oxygen atoms in total. The number of carboxylic acids is 1. The lowest BCUT2D eigenvalue weighted by Crippen LogP contribution is -2.52. The molecule has 188 valence electrons. The molecule has 0 radical (unpaired) electrons. The second kappa shape index (κ2) is 9.94. The van der Waals surface area contributed by atoms with Crippen LogP contribution in [-0.4, -0.2) is 56.7 Å². The summed E-state index contributed by atoms with van der Waals surface area (Å²) in [5.41, 5.74) is 5.42. The number of nitrogens with zero attached hydrogens (tertiary/aromatic N) is 3. The van der Waals surface area contributed by atoms with Crippen molar-refractivity contribution < 1.29 is 24.3 Å². The number of carbonyl (C=O) groups is 4. The molecule has 1 saturated heterocycles. The fourth-order valence-electron chi connectivity index (χ4n) is 4.90. The third kappa shape index (κ3) is 5.12. The predicted octanol–water partition coefficient (Wildman–Crippen LogP) is 2.84. The largest absolute Gasteiger partial charge is 0.478 e. The summed E-state index contributed by atoms with van der Waals surface area (Å²) in [6, 6.07) is 15.8. The van der Waals surface area contributed by atoms with Crippen LogP contribution in [0.2, 0.25) is 0 Å². The van der Waals surface area contributed by atoms with Crippen molar-refractivity contribution in [2.24, 2.45) is 0 Å². The van der Waals surface area contributed by atoms with Gasteiger partial charge in [-0.2, -0.15) is 0 Å². The first-order valence-electron chi connectivity index (χ1n) is 12.0. The van der Waals surface area contributed by atoms with Crippen molar-refractivity contribution in [3.05, 3.63) is 88.6 Å². The summed E-state index contributed by atoms with van der Waals surface area (Å²) in [5.74, 6) is -1.87. The van der Waals surface area contributed by atoms with E-state index >= 15 is 0 Å². The summed E-state index contributed by atoms with van der Waals surface area (Å²) in [7, 11) is 2.00. The van der Waals surface area contributed by atoms with Crippen LogP contribution in [0.15, 0.2) is 60.8 Å². The van der Waals surface area contributed by atoms with E-state index < -0.39 is 17.9 Å². The van der Waals surface area contributed by atoms with Gasteiger partial charge in [0.1, 0.15) is 6.04 Å². The van der Waals surface area contributed by atoms with Gasteiger partial charge in [0.15, 0.2) is 0 Å². The summed E-state index contributed by atoms with van der Waals surface area (Å²) < 4.78 is 0. The number of rotatable bonds is 7. The summed E-state index contributed by atoms with van der Waals surface area (Å²) in [6.07, 6.45) is 2.31. The molecule has 1 atom stereocenters. The topological polar surface area (TPSA) is 120 Å². The molecule has 0 spiro atoms. The van der Waals surface area contributed by atoms with Gasteiger partial charge in [-0.1, -0.05) is 18.2 Å². The maximum absolute atomic E-state index is 13.0. The van der Waals surface area contributed by atoms with Crippen LogP contribution in [0, 0.1) is 0 Å². The highest BCUT2D eigenvalue weighted by atomic mass is 16.4. The van der Waals surface area contributed by atoms with Gasteiger partial charge in [-0.15, -0.1) is 0 Å². The highest BCUT2D eigenvalue weighted by Gasteiger charge is 2.39. The molecular weight excluding hydrogens is 472 g/mol. The predicted molar refractivity (Wildman–Crippen MR) is 134 cm³/mol. The lowest BCUT2D eigenvalue weighted by atomic mass is 10.0. The second-order valence-electron chi connectivity index (χ2n) is 9.50. The van der Waals surface area contributed by atoms with Crippen LogP contribution >= 0.6 is 0 Å². The molecule has 3 amide bonds. The Morgan fingerprint density at radius 1 is 1.05 bits per heavy atom. The summed E-state index contributed by atoms with van der Waals surface area (Å²) >= 11 is 0. The fourth-order valence-corrected chi connectivity index (χ4v) is 4.90. The maximum Gasteiger partial charge on any atom is 0.335 e. The van der Waals surface area contributed by atoms with E-state index in [1.165, 1.54) is 4.90 Å². The van der Waals surface area contributed by atoms with Gasteiger partial charge in [0.05, 0.1) is 11.3 Å². The normalized spacial score (nSPS) is 17.2. The van der Waals surface area contributed by atoms with Gasteiger partial charge in [0, 0.05) is 43.4 Å². The molecule has 0 aliphatic carbocycles. The summed E-state index contributed by atoms with van der Waals surface area (Å²) in [6.45, 7) is 1.65. The monoisotopic (exact) mass is 498 g/mol. The number of hydrogen-bond acceptors (Lipinski definition) is 6. The summed E-state index contributed by atoms with van der Waals surface area (Å²) in [5, 5.41) is 11.4. The van der Waals surface area contributed by atoms with E-state index in [4.69, 9.17) is 5.11 Å². The van der Waals surface area contributed by atoms with Gasteiger partial charge in [0.25, 0.3) is 5.91 Å². The Bertz CT molecular complexity index is 1400. The number of benzene rings is 2. The molecule has 2 aliphatic rings. The lowest BCUT2D eigenvalue weighted by molar-refractivity contribution is -0.136. The maximum atomic E-state index is 13.0. The molecular formula is C28H26N4O5. The number of nitrogens with one attached hydrogen (secondary N) is 1. The quantitative estimate of drug-likeness (QED) is 0.481. The van der Waals surface area contributed by atoms with Crippen LogP contribution in [0.1, 0.15) is 50.2 Å². The summed E-state index contributed by atoms with van der Waals surface area (Å²) in [4.78, 5) is 56.0. The Labute approximate surface area is 213 Å². The molecule has 1 aromatic heterocycles. The smallest absolute Gasteiger partial charge is 0.335 e. The first kappa shape index (κ1) is 24.3. The van der Waals surface area contributed by atoms with E-state index in [1.807, 2.05) is 43.4 Å². The van der Waals surface area contributed by atoms with Crippen molar-refractivity contribution in [3.63, 3.8) is 0 Å². The Hall–Kier alpha value is -4.37. The molecule has 3 aromatic rings. The number of piperidine rings is 1. The number of fused-ring (bicyclic) bond motifs is 1. The Morgan fingerprint density at radius 2 is 1.81 bits per heavy atom. The molecule has 2 aromatic carbocycles. The zero-order valence-electron chi connectivity index (χ0n) is 20.3. The zero-order chi connectivity index (χ0) is 26.1. The second-order valence-corrected chi connectivity index (χ2v) is 9.50. The Kier molecular flexibility index (Phi) is 6.54. The zero-order valence-corrected chi connectivity index (χ0v) is 20.3. The molecule has 1 fully saturated rings. The Balaban J connectivity index is 1.28. The number of aromatic carboxylic acids is 1. The Morgan fingerprint density at radius 3 is 2.54 bits per heavy atom. The van der Waals surface area contributed by atoms with Crippen molar-refractivity contribution in [1.29, 1.82) is 0 Å². The van der Waals surface area contributed by atoms with Crippen molar-refractivity contribution >= 4 is 23.7 Å². The van der Waals surface area contributed by atoms with Gasteiger partial charge in [0.2, 0.25) is 11.8 Å². The van der Waals surface area contributed by atoms with Gasteiger partial charge in [-0.3, -0.25) is 29.6 Å². The minimum Gasteiger partial charge on any atom is -0.478 e. The number of pyridine rings is 1. The number of aromatic nitrogens is 1. The molecule has 0 saturated carbocycles. The first-order valence-corrected chi connectivity index (χ1v) is 12.0. The highest BCUT2D eigenvalue weighted by molar-refractivity contribution is 6.05. The number of carboxylic acid groups (broad SMARTS) is 1. The van der Waals surface area contributed by atoms with Crippen LogP contribution < -0.4 is 5.32 Å². The highest BCUT2D eigenvalue weighted by Crippen LogP contribution is 2.31.